The van der Waals surface area contributed by atoms with Crippen LogP contribution in [0.4, 0.5) is 34.4 Å². The van der Waals surface area contributed by atoms with E-state index in [-0.39, 0.29) is 17.5 Å². The van der Waals surface area contributed by atoms with E-state index < -0.39 is 6.10 Å². The molecule has 1 saturated carbocycles. The second-order valence-electron chi connectivity index (χ2n) is 12.2. The van der Waals surface area contributed by atoms with Gasteiger partial charge in [0.25, 0.3) is 11.5 Å². The van der Waals surface area contributed by atoms with Crippen molar-refractivity contribution in [1.29, 1.82) is 0 Å². The molecule has 1 saturated heterocycles. The average Bonchev–Trinajstić information content (AvgIpc) is 3.03. The molecule has 0 atom stereocenters. The molecule has 1 amide bonds. The van der Waals surface area contributed by atoms with E-state index in [0.717, 1.165) is 54.2 Å². The molecule has 2 aliphatic heterocycles. The SMILES string of the molecule is C=CC(=O)N1CCN(c2cc3cnc(Nc4ccc(N5CCN(C)CC5)cc4)nc3n(C3CC(O)C3)c2=O)c2cccc(C)c21. The van der Waals surface area contributed by atoms with Gasteiger partial charge in [0.1, 0.15) is 11.3 Å². The van der Waals surface area contributed by atoms with Gasteiger partial charge in [0.05, 0.1) is 17.5 Å². The van der Waals surface area contributed by atoms with Crippen molar-refractivity contribution in [3.63, 3.8) is 0 Å². The predicted octanol–water partition coefficient (Wildman–Crippen LogP) is 3.96. The van der Waals surface area contributed by atoms with Gasteiger partial charge in [-0.1, -0.05) is 18.7 Å². The fourth-order valence-electron chi connectivity index (χ4n) is 6.64. The summed E-state index contributed by atoms with van der Waals surface area (Å²) in [5, 5.41) is 14.2. The van der Waals surface area contributed by atoms with Crippen LogP contribution in [0.15, 0.2) is 72.2 Å². The highest BCUT2D eigenvalue weighted by Crippen LogP contribution is 2.41. The summed E-state index contributed by atoms with van der Waals surface area (Å²) in [6.07, 6.45) is 3.58. The van der Waals surface area contributed by atoms with Gasteiger partial charge >= 0.3 is 0 Å². The van der Waals surface area contributed by atoms with E-state index in [9.17, 15) is 14.7 Å². The molecule has 11 nitrogen and oxygen atoms in total. The van der Waals surface area contributed by atoms with Crippen molar-refractivity contribution in [2.24, 2.45) is 0 Å². The van der Waals surface area contributed by atoms with Gasteiger partial charge in [-0.05, 0) is 74.9 Å². The highest BCUT2D eigenvalue weighted by atomic mass is 16.3. The largest absolute Gasteiger partial charge is 0.393 e. The van der Waals surface area contributed by atoms with Crippen LogP contribution in [-0.2, 0) is 4.79 Å². The first kappa shape index (κ1) is 29.0. The lowest BCUT2D eigenvalue weighted by Gasteiger charge is -2.39. The zero-order chi connectivity index (χ0) is 31.2. The number of hydrogen-bond acceptors (Lipinski definition) is 9. The first-order chi connectivity index (χ1) is 21.8. The van der Waals surface area contributed by atoms with Crippen LogP contribution < -0.4 is 25.6 Å². The number of aliphatic hydroxyl groups is 1. The van der Waals surface area contributed by atoms with Gasteiger partial charge in [0, 0.05) is 68.3 Å². The maximum absolute atomic E-state index is 14.3. The van der Waals surface area contributed by atoms with Gasteiger partial charge in [0.2, 0.25) is 5.95 Å². The maximum atomic E-state index is 14.3. The standard InChI is InChI=1S/C34H38N8O3/c1-4-30(44)41-17-16-40(28-7-5-6-22(2)31(28)41)29-18-23-21-35-34(37-32(23)42(33(29)45)26-19-27(43)20-26)36-24-8-10-25(11-9-24)39-14-12-38(3)13-15-39/h4-11,18,21,26-27,43H,1,12-17,19-20H2,2-3H3,(H,35,36,37). The minimum absolute atomic E-state index is 0.174. The number of anilines is 6. The molecule has 4 heterocycles. The summed E-state index contributed by atoms with van der Waals surface area (Å²) >= 11 is 0. The number of rotatable bonds is 6. The second-order valence-corrected chi connectivity index (χ2v) is 12.2. The third-order valence-corrected chi connectivity index (χ3v) is 9.26. The minimum Gasteiger partial charge on any atom is -0.393 e. The molecule has 2 aromatic heterocycles. The predicted molar refractivity (Wildman–Crippen MR) is 178 cm³/mol. The second kappa shape index (κ2) is 11.6. The normalized spacial score (nSPS) is 20.1. The number of aliphatic hydroxyl groups excluding tert-OH is 1. The quantitative estimate of drug-likeness (QED) is 0.315. The fourth-order valence-corrected chi connectivity index (χ4v) is 6.64. The number of para-hydroxylation sites is 1. The third-order valence-electron chi connectivity index (χ3n) is 9.26. The van der Waals surface area contributed by atoms with Gasteiger partial charge < -0.3 is 30.0 Å². The van der Waals surface area contributed by atoms with Crippen LogP contribution >= 0.6 is 0 Å². The van der Waals surface area contributed by atoms with Crippen LogP contribution in [-0.4, -0.2) is 82.9 Å². The van der Waals surface area contributed by atoms with Gasteiger partial charge in [-0.2, -0.15) is 4.98 Å². The number of carbonyl (C=O) groups is 1. The first-order valence-electron chi connectivity index (χ1n) is 15.5. The third kappa shape index (κ3) is 5.32. The van der Waals surface area contributed by atoms with E-state index >= 15 is 0 Å². The lowest BCUT2D eigenvalue weighted by Crippen LogP contribution is -2.45. The van der Waals surface area contributed by atoms with E-state index in [0.29, 0.717) is 43.2 Å². The Labute approximate surface area is 262 Å². The van der Waals surface area contributed by atoms with E-state index in [1.807, 2.05) is 48.2 Å². The van der Waals surface area contributed by atoms with E-state index in [2.05, 4.69) is 45.9 Å². The summed E-state index contributed by atoms with van der Waals surface area (Å²) in [7, 11) is 2.15. The van der Waals surface area contributed by atoms with E-state index in [1.54, 1.807) is 15.7 Å². The zero-order valence-corrected chi connectivity index (χ0v) is 25.7. The molecule has 2 aromatic carbocycles. The van der Waals surface area contributed by atoms with Crippen LogP contribution in [0.3, 0.4) is 0 Å². The Bertz CT molecular complexity index is 1820. The fraction of sp³-hybridized carbons (Fsp3) is 0.353. The summed E-state index contributed by atoms with van der Waals surface area (Å²) in [4.78, 5) is 44.9. The molecular weight excluding hydrogens is 568 g/mol. The molecule has 0 unspecified atom stereocenters. The highest BCUT2D eigenvalue weighted by Gasteiger charge is 2.34. The molecule has 7 rings (SSSR count). The lowest BCUT2D eigenvalue weighted by atomic mass is 9.89. The van der Waals surface area contributed by atoms with Crippen LogP contribution in [0.2, 0.25) is 0 Å². The number of pyridine rings is 1. The summed E-state index contributed by atoms with van der Waals surface area (Å²) in [5.74, 6) is 0.222. The van der Waals surface area contributed by atoms with Crippen molar-refractivity contribution in [2.75, 3.05) is 66.3 Å². The number of aryl methyl sites for hydroxylation is 1. The van der Waals surface area contributed by atoms with Gasteiger partial charge in [-0.15, -0.1) is 0 Å². The average molecular weight is 607 g/mol. The molecule has 2 fully saturated rings. The number of benzene rings is 2. The molecule has 3 aliphatic rings. The molecule has 0 spiro atoms. The highest BCUT2D eigenvalue weighted by molar-refractivity contribution is 6.05. The molecule has 11 heteroatoms. The molecule has 232 valence electrons. The number of hydrogen-bond donors (Lipinski definition) is 2. The lowest BCUT2D eigenvalue weighted by molar-refractivity contribution is -0.114. The van der Waals surface area contributed by atoms with Crippen LogP contribution in [0, 0.1) is 6.92 Å². The van der Waals surface area contributed by atoms with Crippen molar-refractivity contribution < 1.29 is 9.90 Å². The van der Waals surface area contributed by atoms with Crippen molar-refractivity contribution in [3.05, 3.63) is 83.3 Å². The monoisotopic (exact) mass is 606 g/mol. The Morgan fingerprint density at radius 2 is 1.78 bits per heavy atom. The van der Waals surface area contributed by atoms with Crippen molar-refractivity contribution in [1.82, 2.24) is 19.4 Å². The number of likely N-dealkylation sites (N-methyl/N-ethyl adjacent to an activating group) is 1. The van der Waals surface area contributed by atoms with Crippen LogP contribution in [0.5, 0.6) is 0 Å². The van der Waals surface area contributed by atoms with Gasteiger partial charge in [0.15, 0.2) is 0 Å². The van der Waals surface area contributed by atoms with Crippen molar-refractivity contribution >= 4 is 51.3 Å². The molecule has 1 aliphatic carbocycles. The van der Waals surface area contributed by atoms with Crippen LogP contribution in [0.1, 0.15) is 24.4 Å². The number of nitrogens with one attached hydrogen (secondary N) is 1. The van der Waals surface area contributed by atoms with Gasteiger partial charge in [-0.3, -0.25) is 14.2 Å². The Balaban J connectivity index is 1.24. The minimum atomic E-state index is -0.448. The Morgan fingerprint density at radius 1 is 1.02 bits per heavy atom. The Kier molecular flexibility index (Phi) is 7.50. The van der Waals surface area contributed by atoms with E-state index in [1.165, 1.54) is 11.8 Å². The van der Waals surface area contributed by atoms with Gasteiger partial charge in [-0.25, -0.2) is 4.98 Å². The number of nitrogens with zero attached hydrogens (tertiary/aromatic N) is 7. The molecule has 45 heavy (non-hydrogen) atoms. The summed E-state index contributed by atoms with van der Waals surface area (Å²) in [6, 6.07) is 15.8. The number of carbonyl (C=O) groups excluding carboxylic acids is 1. The molecule has 2 N–H and O–H groups in total. The van der Waals surface area contributed by atoms with Crippen molar-refractivity contribution in [2.45, 2.75) is 31.9 Å². The van der Waals surface area contributed by atoms with E-state index in [4.69, 9.17) is 4.98 Å². The number of amides is 1. The first-order valence-corrected chi connectivity index (χ1v) is 15.5. The summed E-state index contributed by atoms with van der Waals surface area (Å²) in [5.41, 5.74) is 5.37. The molecule has 4 aromatic rings. The molecule has 0 bridgehead atoms. The Hall–Kier alpha value is -4.74. The molecule has 0 radical (unpaired) electrons. The smallest absolute Gasteiger partial charge is 0.276 e. The topological polar surface area (TPSA) is 110 Å². The number of aromatic nitrogens is 3. The zero-order valence-electron chi connectivity index (χ0n) is 25.7. The number of fused-ring (bicyclic) bond motifs is 2. The summed E-state index contributed by atoms with van der Waals surface area (Å²) < 4.78 is 1.72. The molecular formula is C34H38N8O3. The van der Waals surface area contributed by atoms with Crippen molar-refractivity contribution in [3.8, 4) is 0 Å². The van der Waals surface area contributed by atoms with Crippen LogP contribution in [0.25, 0.3) is 11.0 Å². The maximum Gasteiger partial charge on any atom is 0.276 e. The summed E-state index contributed by atoms with van der Waals surface area (Å²) in [6.45, 7) is 10.6. The Morgan fingerprint density at radius 3 is 2.49 bits per heavy atom. The number of piperazine rings is 1.